The predicted octanol–water partition coefficient (Wildman–Crippen LogP) is 2.54. The van der Waals surface area contributed by atoms with Crippen LogP contribution in [0.25, 0.3) is 10.3 Å². The molecule has 24 heavy (non-hydrogen) atoms. The van der Waals surface area contributed by atoms with E-state index in [1.165, 1.54) is 34.0 Å². The largest absolute Gasteiger partial charge is 0.350 e. The summed E-state index contributed by atoms with van der Waals surface area (Å²) in [5.41, 5.74) is 1.10. The molecule has 0 aliphatic carbocycles. The Hall–Kier alpha value is -1.90. The van der Waals surface area contributed by atoms with E-state index < -0.39 is 0 Å². The predicted molar refractivity (Wildman–Crippen MR) is 96.8 cm³/mol. The van der Waals surface area contributed by atoms with Crippen LogP contribution in [0.2, 0.25) is 5.02 Å². The molecule has 2 heterocycles. The maximum absolute atomic E-state index is 12.4. The molecule has 0 aliphatic heterocycles. The maximum atomic E-state index is 12.4. The highest BCUT2D eigenvalue weighted by Gasteiger charge is 2.12. The quantitative estimate of drug-likeness (QED) is 0.688. The van der Waals surface area contributed by atoms with Crippen LogP contribution in [0.1, 0.15) is 5.56 Å². The Kier molecular flexibility index (Phi) is 5.17. The molecule has 0 saturated heterocycles. The van der Waals surface area contributed by atoms with E-state index in [4.69, 9.17) is 11.6 Å². The van der Waals surface area contributed by atoms with Gasteiger partial charge in [0.05, 0.1) is 0 Å². The van der Waals surface area contributed by atoms with Crippen LogP contribution in [0.5, 0.6) is 0 Å². The summed E-state index contributed by atoms with van der Waals surface area (Å²) in [6, 6.07) is 7.20. The van der Waals surface area contributed by atoms with Gasteiger partial charge in [0.15, 0.2) is 9.99 Å². The molecule has 0 atom stereocenters. The van der Waals surface area contributed by atoms with Gasteiger partial charge in [-0.15, -0.1) is 11.3 Å². The standard InChI is InChI=1S/C15H13ClN4O2S2/c1-23-15-19-13-12(24-15)14(22)20(8-18-13)7-11(21)17-6-9-2-4-10(16)5-3-9/h2-5,8H,6-7H2,1H3,(H,17,21). The number of halogens is 1. The third-order valence-electron chi connectivity index (χ3n) is 3.26. The van der Waals surface area contributed by atoms with Gasteiger partial charge in [-0.05, 0) is 24.0 Å². The average molecular weight is 381 g/mol. The van der Waals surface area contributed by atoms with Crippen LogP contribution >= 0.6 is 34.7 Å². The first kappa shape index (κ1) is 16.9. The van der Waals surface area contributed by atoms with Gasteiger partial charge < -0.3 is 5.32 Å². The van der Waals surface area contributed by atoms with Gasteiger partial charge in [0.25, 0.3) is 5.56 Å². The Morgan fingerprint density at radius 3 is 2.83 bits per heavy atom. The van der Waals surface area contributed by atoms with E-state index in [0.29, 0.717) is 21.9 Å². The van der Waals surface area contributed by atoms with Gasteiger partial charge in [0.2, 0.25) is 5.91 Å². The molecule has 6 nitrogen and oxygen atoms in total. The summed E-state index contributed by atoms with van der Waals surface area (Å²) in [5, 5.41) is 3.42. The highest BCUT2D eigenvalue weighted by Crippen LogP contribution is 2.24. The van der Waals surface area contributed by atoms with Crippen molar-refractivity contribution in [2.45, 2.75) is 17.4 Å². The normalized spacial score (nSPS) is 10.9. The minimum atomic E-state index is -0.261. The molecule has 3 aromatic rings. The Balaban J connectivity index is 1.69. The van der Waals surface area contributed by atoms with Crippen LogP contribution in [0.3, 0.4) is 0 Å². The highest BCUT2D eigenvalue weighted by atomic mass is 35.5. The van der Waals surface area contributed by atoms with E-state index in [1.807, 2.05) is 18.4 Å². The minimum Gasteiger partial charge on any atom is -0.350 e. The number of rotatable bonds is 5. The number of aromatic nitrogens is 3. The summed E-state index contributed by atoms with van der Waals surface area (Å²) in [4.78, 5) is 32.8. The molecule has 0 saturated carbocycles. The van der Waals surface area contributed by atoms with Crippen molar-refractivity contribution in [1.29, 1.82) is 0 Å². The molecule has 9 heteroatoms. The second kappa shape index (κ2) is 7.33. The number of hydrogen-bond acceptors (Lipinski definition) is 6. The summed E-state index contributed by atoms with van der Waals surface area (Å²) < 4.78 is 2.54. The molecular weight excluding hydrogens is 368 g/mol. The summed E-state index contributed by atoms with van der Waals surface area (Å²) in [5.74, 6) is -0.261. The number of nitrogens with zero attached hydrogens (tertiary/aromatic N) is 3. The van der Waals surface area contributed by atoms with Gasteiger partial charge in [0, 0.05) is 11.6 Å². The van der Waals surface area contributed by atoms with E-state index in [2.05, 4.69) is 15.3 Å². The van der Waals surface area contributed by atoms with Crippen LogP contribution in [-0.2, 0) is 17.9 Å². The highest BCUT2D eigenvalue weighted by molar-refractivity contribution is 8.00. The lowest BCUT2D eigenvalue weighted by Gasteiger charge is -2.07. The van der Waals surface area contributed by atoms with Crippen molar-refractivity contribution < 1.29 is 4.79 Å². The Bertz CT molecular complexity index is 937. The molecular formula is C15H13ClN4O2S2. The number of thiazole rings is 1. The Morgan fingerprint density at radius 2 is 2.12 bits per heavy atom. The number of nitrogens with one attached hydrogen (secondary N) is 1. The van der Waals surface area contributed by atoms with Crippen LogP contribution < -0.4 is 10.9 Å². The third kappa shape index (κ3) is 3.77. The summed E-state index contributed by atoms with van der Waals surface area (Å²) in [6.45, 7) is 0.291. The number of thioether (sulfide) groups is 1. The number of carbonyl (C=O) groups excluding carboxylic acids is 1. The third-order valence-corrected chi connectivity index (χ3v) is 5.53. The van der Waals surface area contributed by atoms with Gasteiger partial charge in [-0.1, -0.05) is 35.5 Å². The molecule has 0 unspecified atom stereocenters. The van der Waals surface area contributed by atoms with Gasteiger partial charge in [-0.2, -0.15) is 0 Å². The fourth-order valence-corrected chi connectivity index (χ4v) is 3.63. The van der Waals surface area contributed by atoms with Crippen molar-refractivity contribution in [3.63, 3.8) is 0 Å². The van der Waals surface area contributed by atoms with Crippen LogP contribution in [0.15, 0.2) is 39.7 Å². The van der Waals surface area contributed by atoms with Gasteiger partial charge in [0.1, 0.15) is 17.6 Å². The molecule has 1 aromatic carbocycles. The van der Waals surface area contributed by atoms with Gasteiger partial charge >= 0.3 is 0 Å². The van der Waals surface area contributed by atoms with Crippen LogP contribution in [-0.4, -0.2) is 26.7 Å². The lowest BCUT2D eigenvalue weighted by Crippen LogP contribution is -2.31. The van der Waals surface area contributed by atoms with Crippen molar-refractivity contribution in [3.05, 3.63) is 51.5 Å². The molecule has 0 fully saturated rings. The number of carbonyl (C=O) groups is 1. The van der Waals surface area contributed by atoms with Crippen molar-refractivity contribution in [2.24, 2.45) is 0 Å². The molecule has 3 rings (SSSR count). The zero-order valence-corrected chi connectivity index (χ0v) is 15.0. The number of fused-ring (bicyclic) bond motifs is 1. The first-order valence-electron chi connectivity index (χ1n) is 6.98. The zero-order chi connectivity index (χ0) is 17.1. The second-order valence-corrected chi connectivity index (χ2v) is 7.41. The molecule has 1 N–H and O–H groups in total. The summed E-state index contributed by atoms with van der Waals surface area (Å²) >= 11 is 8.57. The number of benzene rings is 1. The first-order chi connectivity index (χ1) is 11.6. The fourth-order valence-electron chi connectivity index (χ4n) is 2.04. The van der Waals surface area contributed by atoms with E-state index in [-0.39, 0.29) is 18.0 Å². The van der Waals surface area contributed by atoms with Crippen LogP contribution in [0, 0.1) is 0 Å². The van der Waals surface area contributed by atoms with E-state index in [9.17, 15) is 9.59 Å². The topological polar surface area (TPSA) is 76.9 Å². The van der Waals surface area contributed by atoms with Gasteiger partial charge in [-0.25, -0.2) is 9.97 Å². The second-order valence-electron chi connectivity index (χ2n) is 4.92. The number of amides is 1. The van der Waals surface area contributed by atoms with Gasteiger partial charge in [-0.3, -0.25) is 14.2 Å². The maximum Gasteiger partial charge on any atom is 0.273 e. The summed E-state index contributed by atoms with van der Waals surface area (Å²) in [7, 11) is 0. The lowest BCUT2D eigenvalue weighted by molar-refractivity contribution is -0.121. The van der Waals surface area contributed by atoms with E-state index >= 15 is 0 Å². The lowest BCUT2D eigenvalue weighted by atomic mass is 10.2. The Labute approximate surface area is 150 Å². The number of hydrogen-bond donors (Lipinski definition) is 1. The zero-order valence-electron chi connectivity index (χ0n) is 12.7. The minimum absolute atomic E-state index is 0.0815. The molecule has 0 spiro atoms. The van der Waals surface area contributed by atoms with Crippen molar-refractivity contribution in [3.8, 4) is 0 Å². The fraction of sp³-hybridized carbons (Fsp3) is 0.200. The smallest absolute Gasteiger partial charge is 0.273 e. The molecule has 0 bridgehead atoms. The van der Waals surface area contributed by atoms with Crippen molar-refractivity contribution >= 4 is 51.0 Å². The molecule has 2 aromatic heterocycles. The first-order valence-corrected chi connectivity index (χ1v) is 9.40. The molecule has 1 amide bonds. The van der Waals surface area contributed by atoms with Crippen LogP contribution in [0.4, 0.5) is 0 Å². The van der Waals surface area contributed by atoms with Crippen molar-refractivity contribution in [1.82, 2.24) is 19.9 Å². The SMILES string of the molecule is CSc1nc2ncn(CC(=O)NCc3ccc(Cl)cc3)c(=O)c2s1. The monoisotopic (exact) mass is 380 g/mol. The molecule has 0 radical (unpaired) electrons. The Morgan fingerprint density at radius 1 is 1.38 bits per heavy atom. The molecule has 124 valence electrons. The van der Waals surface area contributed by atoms with Crippen molar-refractivity contribution in [2.75, 3.05) is 6.26 Å². The average Bonchev–Trinajstić information content (AvgIpc) is 3.01. The summed E-state index contributed by atoms with van der Waals surface area (Å²) in [6.07, 6.45) is 3.25. The van der Waals surface area contributed by atoms with E-state index in [0.717, 1.165) is 9.90 Å². The molecule has 0 aliphatic rings. The van der Waals surface area contributed by atoms with E-state index in [1.54, 1.807) is 12.1 Å².